The summed E-state index contributed by atoms with van der Waals surface area (Å²) in [5, 5.41) is 38.1. The molecule has 0 bridgehead atoms. The van der Waals surface area contributed by atoms with E-state index in [-0.39, 0.29) is 25.3 Å². The van der Waals surface area contributed by atoms with Crippen LogP contribution in [0.1, 0.15) is 24.0 Å². The van der Waals surface area contributed by atoms with Gasteiger partial charge in [-0.15, -0.1) is 0 Å². The third-order valence-corrected chi connectivity index (χ3v) is 5.92. The van der Waals surface area contributed by atoms with Crippen LogP contribution in [0.15, 0.2) is 35.9 Å². The van der Waals surface area contributed by atoms with Gasteiger partial charge >= 0.3 is 12.3 Å². The Hall–Kier alpha value is -3.84. The molecule has 7 nitrogen and oxygen atoms in total. The fourth-order valence-corrected chi connectivity index (χ4v) is 4.54. The molecule has 1 aliphatic heterocycles. The van der Waals surface area contributed by atoms with Gasteiger partial charge in [0.15, 0.2) is 5.41 Å². The van der Waals surface area contributed by atoms with Gasteiger partial charge in [-0.2, -0.15) is 29.0 Å². The van der Waals surface area contributed by atoms with Crippen molar-refractivity contribution in [3.05, 3.63) is 47.0 Å². The van der Waals surface area contributed by atoms with Gasteiger partial charge in [-0.05, 0) is 24.1 Å². The molecule has 0 aromatic heterocycles. The first-order valence-electron chi connectivity index (χ1n) is 9.75. The number of carbonyl (C=O) groups excluding carboxylic acids is 1. The number of hydrogen-bond acceptors (Lipinski definition) is 6. The Balaban J connectivity index is 2.29. The Labute approximate surface area is 182 Å². The minimum Gasteiger partial charge on any atom is -0.450 e. The zero-order valence-corrected chi connectivity index (χ0v) is 17.0. The predicted molar refractivity (Wildman–Crippen MR) is 105 cm³/mol. The summed E-state index contributed by atoms with van der Waals surface area (Å²) in [6.45, 7) is 1.58. The summed E-state index contributed by atoms with van der Waals surface area (Å²) in [7, 11) is 0. The van der Waals surface area contributed by atoms with Crippen LogP contribution in [0.25, 0.3) is 0 Å². The molecule has 2 aliphatic rings. The van der Waals surface area contributed by atoms with Crippen molar-refractivity contribution in [2.24, 2.45) is 17.3 Å². The molecular weight excluding hydrogens is 423 g/mol. The average Bonchev–Trinajstić information content (AvgIpc) is 2.77. The van der Waals surface area contributed by atoms with E-state index >= 15 is 0 Å². The molecule has 164 valence electrons. The summed E-state index contributed by atoms with van der Waals surface area (Å²) < 4.78 is 46.6. The van der Waals surface area contributed by atoms with Crippen molar-refractivity contribution in [2.45, 2.75) is 19.0 Å². The summed E-state index contributed by atoms with van der Waals surface area (Å²) in [6.07, 6.45) is -3.96. The molecule has 3 rings (SSSR count). The van der Waals surface area contributed by atoms with Crippen molar-refractivity contribution < 1.29 is 22.7 Å². The van der Waals surface area contributed by atoms with Gasteiger partial charge in [0.25, 0.3) is 0 Å². The minimum atomic E-state index is -4.78. The van der Waals surface area contributed by atoms with Crippen LogP contribution < -0.4 is 0 Å². The summed E-state index contributed by atoms with van der Waals surface area (Å²) in [5.41, 5.74) is -3.90. The number of hydrogen-bond donors (Lipinski definition) is 1. The zero-order valence-electron chi connectivity index (χ0n) is 17.0. The summed E-state index contributed by atoms with van der Waals surface area (Å²) in [6, 6.07) is 9.99. The van der Waals surface area contributed by atoms with Crippen LogP contribution in [0.2, 0.25) is 0 Å². The lowest BCUT2D eigenvalue weighted by atomic mass is 9.54. The molecule has 1 aromatic rings. The highest BCUT2D eigenvalue weighted by Crippen LogP contribution is 2.55. The standard InChI is InChI=1S/C22H18F3N5O2/c1-2-32-20(31)30-8-7-13-15(9-26)19(29)21(11-27,12-28)18(16(13)10-30)14-5-3-4-6-17(14)22(23,24)25/h3-7,15-16,18,29H,2,8,10H2,1H3/t15?,16-,18+/m0/s1. The van der Waals surface area contributed by atoms with Crippen LogP contribution in [0, 0.1) is 56.7 Å². The fourth-order valence-electron chi connectivity index (χ4n) is 4.54. The van der Waals surface area contributed by atoms with Crippen molar-refractivity contribution in [3.63, 3.8) is 0 Å². The Bertz CT molecular complexity index is 1090. The van der Waals surface area contributed by atoms with Gasteiger partial charge in [0.2, 0.25) is 0 Å². The largest absolute Gasteiger partial charge is 0.450 e. The maximum Gasteiger partial charge on any atom is 0.416 e. The van der Waals surface area contributed by atoms with Crippen LogP contribution in [-0.4, -0.2) is 36.4 Å². The molecule has 0 saturated heterocycles. The number of alkyl halides is 3. The highest BCUT2D eigenvalue weighted by molar-refractivity contribution is 6.01. The lowest BCUT2D eigenvalue weighted by molar-refractivity contribution is -0.138. The smallest absolute Gasteiger partial charge is 0.416 e. The fraction of sp³-hybridized carbons (Fsp3) is 0.409. The van der Waals surface area contributed by atoms with E-state index in [9.17, 15) is 33.8 Å². The number of rotatable bonds is 2. The van der Waals surface area contributed by atoms with E-state index in [0.29, 0.717) is 5.57 Å². The number of nitrogens with zero attached hydrogens (tertiary/aromatic N) is 4. The van der Waals surface area contributed by atoms with Crippen molar-refractivity contribution in [3.8, 4) is 18.2 Å². The molecule has 1 unspecified atom stereocenters. The van der Waals surface area contributed by atoms with Gasteiger partial charge in [-0.1, -0.05) is 24.3 Å². The minimum absolute atomic E-state index is 0.0376. The van der Waals surface area contributed by atoms with Gasteiger partial charge in [-0.25, -0.2) is 4.79 Å². The number of ether oxygens (including phenoxy) is 1. The number of benzene rings is 1. The van der Waals surface area contributed by atoms with E-state index in [2.05, 4.69) is 0 Å². The number of fused-ring (bicyclic) bond motifs is 1. The summed E-state index contributed by atoms with van der Waals surface area (Å²) in [5.74, 6) is -3.64. The van der Waals surface area contributed by atoms with Crippen LogP contribution in [-0.2, 0) is 10.9 Å². The SMILES string of the molecule is CCOC(=O)N1CC=C2C(C#N)C(=N)C(C#N)(C#N)[C@H](c3ccccc3C(F)(F)F)[C@H]2C1. The second-order valence-electron chi connectivity index (χ2n) is 7.48. The van der Waals surface area contributed by atoms with Crippen LogP contribution >= 0.6 is 0 Å². The third-order valence-electron chi connectivity index (χ3n) is 5.92. The molecule has 1 N–H and O–H groups in total. The molecule has 0 spiro atoms. The van der Waals surface area contributed by atoms with Gasteiger partial charge in [0, 0.05) is 24.9 Å². The van der Waals surface area contributed by atoms with Crippen molar-refractivity contribution >= 4 is 11.8 Å². The molecule has 32 heavy (non-hydrogen) atoms. The average molecular weight is 441 g/mol. The molecule has 1 saturated carbocycles. The van der Waals surface area contributed by atoms with Crippen LogP contribution in [0.5, 0.6) is 0 Å². The van der Waals surface area contributed by atoms with E-state index in [4.69, 9.17) is 10.1 Å². The van der Waals surface area contributed by atoms with Gasteiger partial charge in [0.05, 0.1) is 36.1 Å². The van der Waals surface area contributed by atoms with E-state index in [0.717, 1.165) is 6.07 Å². The molecule has 3 atom stereocenters. The molecule has 1 aromatic carbocycles. The first-order chi connectivity index (χ1) is 15.2. The highest BCUT2D eigenvalue weighted by atomic mass is 19.4. The van der Waals surface area contributed by atoms with E-state index < -0.39 is 46.7 Å². The maximum atomic E-state index is 13.9. The summed E-state index contributed by atoms with van der Waals surface area (Å²) >= 11 is 0. The van der Waals surface area contributed by atoms with Crippen molar-refractivity contribution in [1.29, 1.82) is 21.2 Å². The van der Waals surface area contributed by atoms with Crippen molar-refractivity contribution in [2.75, 3.05) is 19.7 Å². The molecule has 1 fully saturated rings. The lowest BCUT2D eigenvalue weighted by Crippen LogP contribution is -2.54. The van der Waals surface area contributed by atoms with E-state index in [1.165, 1.54) is 29.2 Å². The predicted octanol–water partition coefficient (Wildman–Crippen LogP) is 4.01. The van der Waals surface area contributed by atoms with Crippen molar-refractivity contribution in [1.82, 2.24) is 4.90 Å². The number of amides is 1. The second kappa shape index (κ2) is 8.36. The molecule has 1 heterocycles. The monoisotopic (exact) mass is 441 g/mol. The highest BCUT2D eigenvalue weighted by Gasteiger charge is 2.59. The third kappa shape index (κ3) is 3.46. The second-order valence-corrected chi connectivity index (χ2v) is 7.48. The summed E-state index contributed by atoms with van der Waals surface area (Å²) in [4.78, 5) is 13.6. The molecule has 1 aliphatic carbocycles. The molecular formula is C22H18F3N5O2. The van der Waals surface area contributed by atoms with Gasteiger partial charge in [0.1, 0.15) is 5.92 Å². The number of halogens is 3. The van der Waals surface area contributed by atoms with Gasteiger partial charge in [-0.3, -0.25) is 0 Å². The zero-order chi connectivity index (χ0) is 23.7. The number of nitrogens with one attached hydrogen (secondary N) is 1. The Morgan fingerprint density at radius 3 is 2.50 bits per heavy atom. The Kier molecular flexibility index (Phi) is 5.96. The lowest BCUT2D eigenvalue weighted by Gasteiger charge is -2.47. The quantitative estimate of drug-likeness (QED) is 0.694. The Morgan fingerprint density at radius 2 is 1.94 bits per heavy atom. The van der Waals surface area contributed by atoms with Gasteiger partial charge < -0.3 is 15.0 Å². The van der Waals surface area contributed by atoms with Crippen LogP contribution in [0.3, 0.4) is 0 Å². The van der Waals surface area contributed by atoms with Crippen LogP contribution in [0.4, 0.5) is 18.0 Å². The molecule has 0 radical (unpaired) electrons. The number of nitriles is 3. The first kappa shape index (κ1) is 22.8. The Morgan fingerprint density at radius 1 is 1.28 bits per heavy atom. The van der Waals surface area contributed by atoms with E-state index in [1.807, 2.05) is 6.07 Å². The number of carbonyl (C=O) groups is 1. The molecule has 1 amide bonds. The normalized spacial score (nSPS) is 24.3. The van der Waals surface area contributed by atoms with E-state index in [1.54, 1.807) is 19.1 Å². The topological polar surface area (TPSA) is 125 Å². The maximum absolute atomic E-state index is 13.9. The molecule has 10 heteroatoms. The first-order valence-corrected chi connectivity index (χ1v) is 9.75.